The topological polar surface area (TPSA) is 23.8 Å². The molecule has 0 heterocycles. The molecule has 0 bridgehead atoms. The second kappa shape index (κ2) is 3.12. The molecule has 2 fully saturated rings. The van der Waals surface area contributed by atoms with Gasteiger partial charge in [0.15, 0.2) is 0 Å². The number of allylic oxidation sites excluding steroid dienone is 2. The minimum atomic E-state index is 0.520. The standard InChI is InChI=1S/C13H19N/c1-9-6-7-11-12(13(11,2)3)10(9)5-4-8-14/h5,9,11-12H,4,6-7H2,1-3H3/b10-5-. The molecule has 0 spiro atoms. The Balaban J connectivity index is 2.18. The molecule has 2 saturated carbocycles. The number of nitriles is 1. The summed E-state index contributed by atoms with van der Waals surface area (Å²) in [5.41, 5.74) is 2.10. The average Bonchev–Trinajstić information content (AvgIpc) is 2.68. The Morgan fingerprint density at radius 3 is 2.86 bits per heavy atom. The Hall–Kier alpha value is -0.770. The Morgan fingerprint density at radius 1 is 1.50 bits per heavy atom. The Morgan fingerprint density at radius 2 is 2.21 bits per heavy atom. The molecule has 14 heavy (non-hydrogen) atoms. The van der Waals surface area contributed by atoms with E-state index in [1.807, 2.05) is 0 Å². The van der Waals surface area contributed by atoms with Crippen LogP contribution in [0.3, 0.4) is 0 Å². The van der Waals surface area contributed by atoms with E-state index in [-0.39, 0.29) is 0 Å². The van der Waals surface area contributed by atoms with Crippen molar-refractivity contribution in [3.05, 3.63) is 11.6 Å². The Kier molecular flexibility index (Phi) is 2.18. The Labute approximate surface area is 86.8 Å². The lowest BCUT2D eigenvalue weighted by atomic mass is 9.85. The summed E-state index contributed by atoms with van der Waals surface area (Å²) in [6.07, 6.45) is 5.50. The van der Waals surface area contributed by atoms with Crippen molar-refractivity contribution in [3.63, 3.8) is 0 Å². The van der Waals surface area contributed by atoms with Crippen LogP contribution in [-0.4, -0.2) is 0 Å². The predicted octanol–water partition coefficient (Wildman–Crippen LogP) is 3.53. The third-order valence-electron chi connectivity index (χ3n) is 4.32. The zero-order valence-electron chi connectivity index (χ0n) is 9.38. The van der Waals surface area contributed by atoms with E-state index in [0.29, 0.717) is 17.8 Å². The monoisotopic (exact) mass is 189 g/mol. The van der Waals surface area contributed by atoms with Gasteiger partial charge < -0.3 is 0 Å². The molecule has 0 aromatic carbocycles. The minimum Gasteiger partial charge on any atom is -0.198 e. The largest absolute Gasteiger partial charge is 0.198 e. The summed E-state index contributed by atoms with van der Waals surface area (Å²) >= 11 is 0. The van der Waals surface area contributed by atoms with Gasteiger partial charge in [0.2, 0.25) is 0 Å². The molecule has 0 aromatic rings. The van der Waals surface area contributed by atoms with E-state index in [2.05, 4.69) is 32.9 Å². The van der Waals surface area contributed by atoms with E-state index >= 15 is 0 Å². The van der Waals surface area contributed by atoms with Crippen LogP contribution < -0.4 is 0 Å². The van der Waals surface area contributed by atoms with Crippen LogP contribution in [0.5, 0.6) is 0 Å². The van der Waals surface area contributed by atoms with Crippen molar-refractivity contribution in [2.24, 2.45) is 23.2 Å². The van der Waals surface area contributed by atoms with Crippen molar-refractivity contribution in [2.75, 3.05) is 0 Å². The normalized spacial score (nSPS) is 41.6. The van der Waals surface area contributed by atoms with Crippen LogP contribution in [-0.2, 0) is 0 Å². The highest BCUT2D eigenvalue weighted by Gasteiger charge is 2.60. The first kappa shape index (κ1) is 9.77. The third-order valence-corrected chi connectivity index (χ3v) is 4.32. The fraction of sp³-hybridized carbons (Fsp3) is 0.769. The van der Waals surface area contributed by atoms with Gasteiger partial charge in [-0.2, -0.15) is 5.26 Å². The van der Waals surface area contributed by atoms with Crippen LogP contribution in [0.4, 0.5) is 0 Å². The molecular formula is C13H19N. The lowest BCUT2D eigenvalue weighted by Crippen LogP contribution is -2.09. The van der Waals surface area contributed by atoms with Crippen LogP contribution in [0.2, 0.25) is 0 Å². The van der Waals surface area contributed by atoms with E-state index in [1.165, 1.54) is 12.8 Å². The Bertz CT molecular complexity index is 306. The molecule has 0 aromatic heterocycles. The van der Waals surface area contributed by atoms with E-state index in [1.54, 1.807) is 5.57 Å². The molecular weight excluding hydrogens is 170 g/mol. The predicted molar refractivity (Wildman–Crippen MR) is 57.5 cm³/mol. The highest BCUT2D eigenvalue weighted by atomic mass is 14.6. The van der Waals surface area contributed by atoms with Crippen LogP contribution in [0.1, 0.15) is 40.0 Å². The van der Waals surface area contributed by atoms with Gasteiger partial charge in [-0.25, -0.2) is 0 Å². The highest BCUT2D eigenvalue weighted by Crippen LogP contribution is 2.67. The van der Waals surface area contributed by atoms with E-state index < -0.39 is 0 Å². The SMILES string of the molecule is CC1CCC2C(/C1=C\CC#N)C2(C)C. The van der Waals surface area contributed by atoms with Crippen molar-refractivity contribution in [2.45, 2.75) is 40.0 Å². The maximum Gasteiger partial charge on any atom is 0.0663 e. The van der Waals surface area contributed by atoms with Crippen molar-refractivity contribution >= 4 is 0 Å². The molecule has 0 radical (unpaired) electrons. The van der Waals surface area contributed by atoms with Gasteiger partial charge in [0.25, 0.3) is 0 Å². The molecule has 3 unspecified atom stereocenters. The third kappa shape index (κ3) is 1.29. The number of fused-ring (bicyclic) bond motifs is 1. The fourth-order valence-electron chi connectivity index (χ4n) is 3.34. The first-order chi connectivity index (χ1) is 6.59. The van der Waals surface area contributed by atoms with Gasteiger partial charge in [0.1, 0.15) is 0 Å². The summed E-state index contributed by atoms with van der Waals surface area (Å²) in [5, 5.41) is 8.62. The van der Waals surface area contributed by atoms with E-state index in [9.17, 15) is 0 Å². The average molecular weight is 189 g/mol. The molecule has 1 heteroatoms. The number of rotatable bonds is 1. The molecule has 1 nitrogen and oxygen atoms in total. The van der Waals surface area contributed by atoms with Crippen LogP contribution in [0.25, 0.3) is 0 Å². The first-order valence-corrected chi connectivity index (χ1v) is 5.66. The van der Waals surface area contributed by atoms with Crippen molar-refractivity contribution in [1.29, 1.82) is 5.26 Å². The van der Waals surface area contributed by atoms with Gasteiger partial charge in [0.05, 0.1) is 12.5 Å². The van der Waals surface area contributed by atoms with Crippen molar-refractivity contribution in [3.8, 4) is 6.07 Å². The number of hydrogen-bond acceptors (Lipinski definition) is 1. The van der Waals surface area contributed by atoms with E-state index in [4.69, 9.17) is 5.26 Å². The zero-order valence-corrected chi connectivity index (χ0v) is 9.38. The first-order valence-electron chi connectivity index (χ1n) is 5.66. The van der Waals surface area contributed by atoms with Gasteiger partial charge in [-0.1, -0.05) is 32.4 Å². The molecule has 2 aliphatic rings. The summed E-state index contributed by atoms with van der Waals surface area (Å²) in [6, 6.07) is 2.23. The maximum atomic E-state index is 8.62. The van der Waals surface area contributed by atoms with Gasteiger partial charge in [-0.3, -0.25) is 0 Å². The van der Waals surface area contributed by atoms with Crippen molar-refractivity contribution < 1.29 is 0 Å². The van der Waals surface area contributed by atoms with Crippen LogP contribution in [0.15, 0.2) is 11.6 Å². The lowest BCUT2D eigenvalue weighted by Gasteiger charge is -2.20. The zero-order chi connectivity index (χ0) is 10.3. The summed E-state index contributed by atoms with van der Waals surface area (Å²) < 4.78 is 0. The molecule has 0 aliphatic heterocycles. The molecule has 0 amide bonds. The summed E-state index contributed by atoms with van der Waals surface area (Å²) in [4.78, 5) is 0. The maximum absolute atomic E-state index is 8.62. The second-order valence-electron chi connectivity index (χ2n) is 5.45. The summed E-state index contributed by atoms with van der Waals surface area (Å²) in [6.45, 7) is 7.06. The number of hydrogen-bond donors (Lipinski definition) is 0. The van der Waals surface area contributed by atoms with Gasteiger partial charge in [-0.15, -0.1) is 0 Å². The van der Waals surface area contributed by atoms with Gasteiger partial charge in [-0.05, 0) is 36.0 Å². The molecule has 0 N–H and O–H groups in total. The van der Waals surface area contributed by atoms with E-state index in [0.717, 1.165) is 11.8 Å². The van der Waals surface area contributed by atoms with Gasteiger partial charge in [0, 0.05) is 0 Å². The van der Waals surface area contributed by atoms with Crippen LogP contribution in [0, 0.1) is 34.5 Å². The molecule has 3 atom stereocenters. The second-order valence-corrected chi connectivity index (χ2v) is 5.45. The minimum absolute atomic E-state index is 0.520. The van der Waals surface area contributed by atoms with Gasteiger partial charge >= 0.3 is 0 Å². The molecule has 76 valence electrons. The van der Waals surface area contributed by atoms with Crippen molar-refractivity contribution in [1.82, 2.24) is 0 Å². The van der Waals surface area contributed by atoms with Crippen LogP contribution >= 0.6 is 0 Å². The summed E-state index contributed by atoms with van der Waals surface area (Å²) in [5.74, 6) is 2.41. The fourth-order valence-corrected chi connectivity index (χ4v) is 3.34. The quantitative estimate of drug-likeness (QED) is 0.579. The highest BCUT2D eigenvalue weighted by molar-refractivity contribution is 5.28. The smallest absolute Gasteiger partial charge is 0.0663 e. The summed E-state index contributed by atoms with van der Waals surface area (Å²) in [7, 11) is 0. The molecule has 0 saturated heterocycles. The molecule has 2 aliphatic carbocycles. The molecule has 2 rings (SSSR count). The lowest BCUT2D eigenvalue weighted by molar-refractivity contribution is 0.459. The number of nitrogens with zero attached hydrogens (tertiary/aromatic N) is 1.